The predicted octanol–water partition coefficient (Wildman–Crippen LogP) is 5.92. The molecule has 1 aromatic heterocycles. The van der Waals surface area contributed by atoms with Crippen LogP contribution in [-0.4, -0.2) is 24.5 Å². The summed E-state index contributed by atoms with van der Waals surface area (Å²) < 4.78 is 28.2. The minimum atomic E-state index is -3.83. The number of hydrogen-bond donors (Lipinski definition) is 1. The minimum Gasteiger partial charge on any atom is -0.279 e. The molecule has 0 saturated carbocycles. The van der Waals surface area contributed by atoms with E-state index in [2.05, 4.69) is 14.7 Å². The normalized spacial score (nSPS) is 11.5. The number of aromatic nitrogens is 1. The summed E-state index contributed by atoms with van der Waals surface area (Å²) >= 11 is 7.12. The lowest BCUT2D eigenvalue weighted by Crippen LogP contribution is -2.13. The number of benzene rings is 3. The molecule has 0 aliphatic heterocycles. The van der Waals surface area contributed by atoms with E-state index < -0.39 is 14.9 Å². The molecule has 0 fully saturated rings. The van der Waals surface area contributed by atoms with Crippen LogP contribution in [0.3, 0.4) is 0 Å². The molecule has 0 unspecified atom stereocenters. The molecule has 11 heteroatoms. The number of thiazole rings is 1. The van der Waals surface area contributed by atoms with Gasteiger partial charge in [-0.05, 0) is 35.9 Å². The van der Waals surface area contributed by atoms with Crippen molar-refractivity contribution in [2.75, 3.05) is 4.72 Å². The summed E-state index contributed by atoms with van der Waals surface area (Å²) in [6.45, 7) is 0. The maximum atomic E-state index is 12.8. The summed E-state index contributed by atoms with van der Waals surface area (Å²) in [5, 5.41) is 13.5. The first-order valence-electron chi connectivity index (χ1n) is 9.44. The van der Waals surface area contributed by atoms with Gasteiger partial charge >= 0.3 is 0 Å². The van der Waals surface area contributed by atoms with Crippen molar-refractivity contribution < 1.29 is 13.3 Å². The summed E-state index contributed by atoms with van der Waals surface area (Å²) in [6.07, 6.45) is 1.49. The van der Waals surface area contributed by atoms with E-state index in [4.69, 9.17) is 11.6 Å². The van der Waals surface area contributed by atoms with Gasteiger partial charge in [-0.25, -0.2) is 18.4 Å². The van der Waals surface area contributed by atoms with Gasteiger partial charge in [0.25, 0.3) is 15.7 Å². The number of halogens is 1. The van der Waals surface area contributed by atoms with Gasteiger partial charge in [-0.2, -0.15) is 0 Å². The molecule has 4 rings (SSSR count). The second kappa shape index (κ2) is 9.49. The first-order valence-corrected chi connectivity index (χ1v) is 12.2. The van der Waals surface area contributed by atoms with Gasteiger partial charge in [0.2, 0.25) is 5.13 Å². The molecule has 33 heavy (non-hydrogen) atoms. The Labute approximate surface area is 198 Å². The van der Waals surface area contributed by atoms with Crippen LogP contribution < -0.4 is 4.72 Å². The number of rotatable bonds is 7. The van der Waals surface area contributed by atoms with E-state index in [0.717, 1.165) is 0 Å². The lowest BCUT2D eigenvalue weighted by molar-refractivity contribution is -0.384. The number of anilines is 1. The summed E-state index contributed by atoms with van der Waals surface area (Å²) in [5.41, 5.74) is 2.04. The van der Waals surface area contributed by atoms with E-state index in [1.807, 2.05) is 0 Å². The largest absolute Gasteiger partial charge is 0.279 e. The van der Waals surface area contributed by atoms with Gasteiger partial charge in [0.1, 0.15) is 0 Å². The lowest BCUT2D eigenvalue weighted by atomic mass is 10.1. The maximum absolute atomic E-state index is 12.8. The van der Waals surface area contributed by atoms with Crippen LogP contribution >= 0.6 is 22.9 Å². The summed E-state index contributed by atoms with van der Waals surface area (Å²) in [4.78, 5) is 19.3. The topological polar surface area (TPSA) is 115 Å². The zero-order valence-electron chi connectivity index (χ0n) is 16.8. The van der Waals surface area contributed by atoms with Crippen molar-refractivity contribution in [1.82, 2.24) is 4.98 Å². The van der Waals surface area contributed by atoms with Gasteiger partial charge < -0.3 is 0 Å². The van der Waals surface area contributed by atoms with E-state index in [1.54, 1.807) is 41.8 Å². The van der Waals surface area contributed by atoms with Crippen molar-refractivity contribution in [3.63, 3.8) is 0 Å². The van der Waals surface area contributed by atoms with Crippen molar-refractivity contribution in [1.29, 1.82) is 0 Å². The Balaban J connectivity index is 1.58. The maximum Gasteiger partial charge on any atom is 0.270 e. The Bertz CT molecular complexity index is 1450. The number of non-ortho nitro benzene ring substituents is 1. The molecule has 0 aliphatic rings. The number of nitro groups is 1. The fourth-order valence-corrected chi connectivity index (χ4v) is 4.78. The van der Waals surface area contributed by atoms with Crippen LogP contribution in [0.15, 0.2) is 88.1 Å². The molecule has 3 aromatic carbocycles. The predicted molar refractivity (Wildman–Crippen MR) is 130 cm³/mol. The number of para-hydroxylation sites is 1. The molecule has 166 valence electrons. The Kier molecular flexibility index (Phi) is 6.50. The third-order valence-electron chi connectivity index (χ3n) is 4.47. The standard InChI is InChI=1S/C22H15ClN4O4S2/c23-16-8-10-18(11-9-16)33(30,31)26-20-7-2-1-6-19(20)21-14-32-22(25-21)24-13-15-4-3-5-17(12-15)27(28)29/h1-14,26H/b24-13+. The quantitative estimate of drug-likeness (QED) is 0.193. The molecule has 8 nitrogen and oxygen atoms in total. The Morgan fingerprint density at radius 1 is 1.06 bits per heavy atom. The highest BCUT2D eigenvalue weighted by Gasteiger charge is 2.17. The zero-order valence-corrected chi connectivity index (χ0v) is 19.1. The highest BCUT2D eigenvalue weighted by Crippen LogP contribution is 2.33. The molecular formula is C22H15ClN4O4S2. The van der Waals surface area contributed by atoms with Gasteiger partial charge in [-0.15, -0.1) is 11.3 Å². The van der Waals surface area contributed by atoms with E-state index in [9.17, 15) is 18.5 Å². The van der Waals surface area contributed by atoms with Gasteiger partial charge in [-0.3, -0.25) is 14.8 Å². The molecule has 0 bridgehead atoms. The van der Waals surface area contributed by atoms with Crippen molar-refractivity contribution in [3.05, 3.63) is 98.9 Å². The van der Waals surface area contributed by atoms with Crippen LogP contribution in [0.4, 0.5) is 16.5 Å². The van der Waals surface area contributed by atoms with Crippen molar-refractivity contribution >= 4 is 55.7 Å². The average Bonchev–Trinajstić information content (AvgIpc) is 3.27. The summed E-state index contributed by atoms with van der Waals surface area (Å²) in [7, 11) is -3.83. The zero-order chi connectivity index (χ0) is 23.4. The number of sulfonamides is 1. The smallest absolute Gasteiger partial charge is 0.270 e. The molecule has 1 N–H and O–H groups in total. The highest BCUT2D eigenvalue weighted by molar-refractivity contribution is 7.92. The number of nitrogens with one attached hydrogen (secondary N) is 1. The third-order valence-corrected chi connectivity index (χ3v) is 6.85. The average molecular weight is 499 g/mol. The fourth-order valence-electron chi connectivity index (χ4n) is 2.91. The van der Waals surface area contributed by atoms with E-state index in [1.165, 1.54) is 53.9 Å². The molecular weight excluding hydrogens is 484 g/mol. The molecule has 0 amide bonds. The van der Waals surface area contributed by atoms with Gasteiger partial charge in [0.15, 0.2) is 0 Å². The highest BCUT2D eigenvalue weighted by atomic mass is 35.5. The first kappa shape index (κ1) is 22.6. The molecule has 0 spiro atoms. The third kappa shape index (κ3) is 5.43. The van der Waals surface area contributed by atoms with Crippen LogP contribution in [0.1, 0.15) is 5.56 Å². The molecule has 0 aliphatic carbocycles. The molecule has 0 atom stereocenters. The fraction of sp³-hybridized carbons (Fsp3) is 0. The lowest BCUT2D eigenvalue weighted by Gasteiger charge is -2.11. The van der Waals surface area contributed by atoms with Crippen molar-refractivity contribution in [3.8, 4) is 11.3 Å². The Morgan fingerprint density at radius 2 is 1.82 bits per heavy atom. The van der Waals surface area contributed by atoms with Gasteiger partial charge in [0, 0.05) is 34.3 Å². The Morgan fingerprint density at radius 3 is 2.58 bits per heavy atom. The minimum absolute atomic E-state index is 0.0272. The summed E-state index contributed by atoms with van der Waals surface area (Å²) in [5.74, 6) is 0. The number of hydrogen-bond acceptors (Lipinski definition) is 7. The number of aliphatic imine (C=N–C) groups is 1. The number of nitrogens with zero attached hydrogens (tertiary/aromatic N) is 3. The van der Waals surface area contributed by atoms with E-state index >= 15 is 0 Å². The van der Waals surface area contributed by atoms with Gasteiger partial charge in [0.05, 0.1) is 21.2 Å². The molecule has 1 heterocycles. The molecule has 0 radical (unpaired) electrons. The monoisotopic (exact) mass is 498 g/mol. The second-order valence-corrected chi connectivity index (χ2v) is 9.69. The van der Waals surface area contributed by atoms with E-state index in [-0.39, 0.29) is 10.6 Å². The SMILES string of the molecule is O=[N+]([O-])c1cccc(/C=N/c2nc(-c3ccccc3NS(=O)(=O)c3ccc(Cl)cc3)cs2)c1. The van der Waals surface area contributed by atoms with Crippen molar-refractivity contribution in [2.45, 2.75) is 4.90 Å². The van der Waals surface area contributed by atoms with Crippen LogP contribution in [0, 0.1) is 10.1 Å². The molecule has 0 saturated heterocycles. The van der Waals surface area contributed by atoms with Crippen LogP contribution in [0.25, 0.3) is 11.3 Å². The van der Waals surface area contributed by atoms with Crippen LogP contribution in [-0.2, 0) is 10.0 Å². The van der Waals surface area contributed by atoms with Gasteiger partial charge in [-0.1, -0.05) is 41.9 Å². The van der Waals surface area contributed by atoms with Crippen LogP contribution in [0.2, 0.25) is 5.02 Å². The van der Waals surface area contributed by atoms with Crippen molar-refractivity contribution in [2.24, 2.45) is 4.99 Å². The summed E-state index contributed by atoms with van der Waals surface area (Å²) in [6, 6.07) is 18.9. The number of nitro benzene ring substituents is 1. The first-order chi connectivity index (χ1) is 15.8. The Hall–Kier alpha value is -3.60. The van der Waals surface area contributed by atoms with E-state index in [0.29, 0.717) is 32.7 Å². The van der Waals surface area contributed by atoms with Crippen LogP contribution in [0.5, 0.6) is 0 Å². The second-order valence-electron chi connectivity index (χ2n) is 6.73. The molecule has 4 aromatic rings.